The third-order valence-electron chi connectivity index (χ3n) is 5.95. The minimum atomic E-state index is -0.108. The number of likely N-dealkylation sites (N-methyl/N-ethyl adjacent to an activating group) is 1. The van der Waals surface area contributed by atoms with Crippen LogP contribution in [0.5, 0.6) is 0 Å². The fourth-order valence-electron chi connectivity index (χ4n) is 3.96. The number of hydrazone groups is 1. The normalized spacial score (nSPS) is 16.9. The number of rotatable bonds is 7. The largest absolute Gasteiger partial charge is 0.463 e. The molecule has 0 saturated heterocycles. The van der Waals surface area contributed by atoms with Crippen molar-refractivity contribution in [3.05, 3.63) is 89.0 Å². The number of nitrogens with zero attached hydrogens (tertiary/aromatic N) is 6. The molecule has 0 bridgehead atoms. The molecule has 1 aliphatic rings. The highest BCUT2D eigenvalue weighted by Crippen LogP contribution is 2.35. The van der Waals surface area contributed by atoms with Gasteiger partial charge in [-0.2, -0.15) is 10.2 Å². The summed E-state index contributed by atoms with van der Waals surface area (Å²) in [6.07, 6.45) is 5.45. The quantitative estimate of drug-likeness (QED) is 0.411. The van der Waals surface area contributed by atoms with Gasteiger partial charge in [-0.3, -0.25) is 9.69 Å². The van der Waals surface area contributed by atoms with Gasteiger partial charge < -0.3 is 4.42 Å². The Morgan fingerprint density at radius 2 is 2.09 bits per heavy atom. The fourth-order valence-corrected chi connectivity index (χ4v) is 4.77. The standard InChI is InChI=1S/C24H24N6O2S/c1-17(18-7-9-19(10-8-18)29-16-25-15-26-29)28(2)14-24(31)30-21(23-6-4-12-33-23)13-20(27-30)22-5-3-11-32-22/h3-12,15-17,21H,13-14H2,1-2H3. The average molecular weight is 461 g/mol. The van der Waals surface area contributed by atoms with Crippen molar-refractivity contribution >= 4 is 23.0 Å². The van der Waals surface area contributed by atoms with Crippen LogP contribution >= 0.6 is 11.3 Å². The number of aromatic nitrogens is 3. The zero-order valence-electron chi connectivity index (χ0n) is 18.4. The second-order valence-corrected chi connectivity index (χ2v) is 9.00. The number of carbonyl (C=O) groups excluding carboxylic acids is 1. The molecular formula is C24H24N6O2S. The van der Waals surface area contributed by atoms with Crippen molar-refractivity contribution in [3.8, 4) is 5.69 Å². The van der Waals surface area contributed by atoms with Gasteiger partial charge in [0, 0.05) is 17.3 Å². The van der Waals surface area contributed by atoms with Crippen molar-refractivity contribution in [2.24, 2.45) is 5.10 Å². The van der Waals surface area contributed by atoms with Crippen LogP contribution in [0.4, 0.5) is 0 Å². The Bertz CT molecular complexity index is 1220. The molecule has 168 valence electrons. The second kappa shape index (κ2) is 9.13. The van der Waals surface area contributed by atoms with Crippen LogP contribution in [-0.4, -0.2) is 49.9 Å². The third kappa shape index (κ3) is 4.37. The molecule has 5 rings (SSSR count). The molecule has 0 fully saturated rings. The lowest BCUT2D eigenvalue weighted by atomic mass is 10.1. The first kappa shape index (κ1) is 21.3. The van der Waals surface area contributed by atoms with E-state index < -0.39 is 0 Å². The summed E-state index contributed by atoms with van der Waals surface area (Å²) in [4.78, 5) is 20.5. The van der Waals surface area contributed by atoms with Crippen molar-refractivity contribution in [2.75, 3.05) is 13.6 Å². The highest BCUT2D eigenvalue weighted by Gasteiger charge is 2.35. The number of carbonyl (C=O) groups is 1. The van der Waals surface area contributed by atoms with Crippen LogP contribution in [-0.2, 0) is 4.79 Å². The maximum atomic E-state index is 13.4. The highest BCUT2D eigenvalue weighted by molar-refractivity contribution is 7.10. The van der Waals surface area contributed by atoms with Crippen LogP contribution in [0.1, 0.15) is 41.6 Å². The molecule has 3 aromatic heterocycles. The van der Waals surface area contributed by atoms with Crippen molar-refractivity contribution < 1.29 is 9.21 Å². The van der Waals surface area contributed by atoms with Gasteiger partial charge in [0.05, 0.1) is 24.5 Å². The van der Waals surface area contributed by atoms with Crippen LogP contribution < -0.4 is 0 Å². The van der Waals surface area contributed by atoms with Gasteiger partial charge in [0.2, 0.25) is 0 Å². The van der Waals surface area contributed by atoms with Gasteiger partial charge >= 0.3 is 0 Å². The Hall–Kier alpha value is -3.56. The van der Waals surface area contributed by atoms with Crippen molar-refractivity contribution in [2.45, 2.75) is 25.4 Å². The smallest absolute Gasteiger partial charge is 0.257 e. The van der Waals surface area contributed by atoms with E-state index >= 15 is 0 Å². The van der Waals surface area contributed by atoms with Crippen LogP contribution in [0.2, 0.25) is 0 Å². The molecule has 0 spiro atoms. The van der Waals surface area contributed by atoms with Crippen molar-refractivity contribution in [3.63, 3.8) is 0 Å². The minimum absolute atomic E-state index is 0.0384. The Balaban J connectivity index is 1.30. The Morgan fingerprint density at radius 3 is 2.76 bits per heavy atom. The number of furan rings is 1. The number of hydrogen-bond acceptors (Lipinski definition) is 7. The van der Waals surface area contributed by atoms with Gasteiger partial charge in [0.25, 0.3) is 5.91 Å². The summed E-state index contributed by atoms with van der Waals surface area (Å²) in [6.45, 7) is 2.35. The molecular weight excluding hydrogens is 436 g/mol. The summed E-state index contributed by atoms with van der Waals surface area (Å²) in [5.41, 5.74) is 2.86. The van der Waals surface area contributed by atoms with E-state index in [1.54, 1.807) is 33.6 Å². The zero-order chi connectivity index (χ0) is 22.8. The number of hydrogen-bond donors (Lipinski definition) is 0. The molecule has 1 aromatic carbocycles. The molecule has 8 nitrogen and oxygen atoms in total. The summed E-state index contributed by atoms with van der Waals surface area (Å²) < 4.78 is 7.26. The lowest BCUT2D eigenvalue weighted by Gasteiger charge is -2.28. The molecule has 4 heterocycles. The molecule has 0 N–H and O–H groups in total. The predicted molar refractivity (Wildman–Crippen MR) is 126 cm³/mol. The third-order valence-corrected chi connectivity index (χ3v) is 6.92. The molecule has 2 unspecified atom stereocenters. The van der Waals surface area contributed by atoms with Crippen molar-refractivity contribution in [1.82, 2.24) is 24.7 Å². The molecule has 4 aromatic rings. The Kier molecular flexibility index (Phi) is 5.89. The first-order valence-electron chi connectivity index (χ1n) is 10.7. The molecule has 0 aliphatic carbocycles. The molecule has 1 amide bonds. The lowest BCUT2D eigenvalue weighted by molar-refractivity contribution is -0.134. The SMILES string of the molecule is CC(c1ccc(-n2cncn2)cc1)N(C)CC(=O)N1N=C(c2ccco2)CC1c1cccs1. The van der Waals surface area contributed by atoms with Gasteiger partial charge in [-0.25, -0.2) is 14.7 Å². The van der Waals surface area contributed by atoms with E-state index in [1.807, 2.05) is 47.7 Å². The summed E-state index contributed by atoms with van der Waals surface area (Å²) in [7, 11) is 1.96. The molecule has 2 atom stereocenters. The van der Waals surface area contributed by atoms with E-state index in [2.05, 4.69) is 40.3 Å². The maximum absolute atomic E-state index is 13.4. The molecule has 9 heteroatoms. The van der Waals surface area contributed by atoms with E-state index in [0.717, 1.165) is 21.8 Å². The monoisotopic (exact) mass is 460 g/mol. The molecule has 0 radical (unpaired) electrons. The van der Waals surface area contributed by atoms with Crippen molar-refractivity contribution in [1.29, 1.82) is 0 Å². The van der Waals surface area contributed by atoms with Crippen LogP contribution in [0.25, 0.3) is 5.69 Å². The highest BCUT2D eigenvalue weighted by atomic mass is 32.1. The summed E-state index contributed by atoms with van der Waals surface area (Å²) in [6, 6.07) is 15.8. The van der Waals surface area contributed by atoms with E-state index in [-0.39, 0.29) is 24.5 Å². The lowest BCUT2D eigenvalue weighted by Crippen LogP contribution is -2.37. The minimum Gasteiger partial charge on any atom is -0.463 e. The Labute approximate surface area is 195 Å². The first-order valence-corrected chi connectivity index (χ1v) is 11.6. The van der Waals surface area contributed by atoms with E-state index in [9.17, 15) is 4.79 Å². The summed E-state index contributed by atoms with van der Waals surface area (Å²) >= 11 is 1.64. The van der Waals surface area contributed by atoms with Gasteiger partial charge in [0.1, 0.15) is 24.1 Å². The second-order valence-electron chi connectivity index (χ2n) is 8.02. The fraction of sp³-hybridized carbons (Fsp3) is 0.250. The van der Waals surface area contributed by atoms with Gasteiger partial charge in [0.15, 0.2) is 0 Å². The number of thiophene rings is 1. The topological polar surface area (TPSA) is 79.8 Å². The van der Waals surface area contributed by atoms with E-state index in [1.165, 1.54) is 6.33 Å². The van der Waals surface area contributed by atoms with Gasteiger partial charge in [-0.1, -0.05) is 18.2 Å². The predicted octanol–water partition coefficient (Wildman–Crippen LogP) is 4.29. The van der Waals surface area contributed by atoms with Gasteiger partial charge in [-0.05, 0) is 55.2 Å². The summed E-state index contributed by atoms with van der Waals surface area (Å²) in [5.74, 6) is 0.671. The van der Waals surface area contributed by atoms with Crippen LogP contribution in [0.3, 0.4) is 0 Å². The van der Waals surface area contributed by atoms with Gasteiger partial charge in [-0.15, -0.1) is 11.3 Å². The molecule has 0 saturated carbocycles. The maximum Gasteiger partial charge on any atom is 0.257 e. The summed E-state index contributed by atoms with van der Waals surface area (Å²) in [5, 5.41) is 12.5. The zero-order valence-corrected chi connectivity index (χ0v) is 19.2. The number of benzene rings is 1. The van der Waals surface area contributed by atoms with E-state index in [0.29, 0.717) is 12.2 Å². The molecule has 33 heavy (non-hydrogen) atoms. The first-order chi connectivity index (χ1) is 16.1. The Morgan fingerprint density at radius 1 is 1.24 bits per heavy atom. The average Bonchev–Trinajstić information content (AvgIpc) is 3.65. The molecule has 1 aliphatic heterocycles. The van der Waals surface area contributed by atoms with Crippen LogP contribution in [0.15, 0.2) is 82.3 Å². The number of amides is 1. The van der Waals surface area contributed by atoms with Crippen LogP contribution in [0, 0.1) is 0 Å². The van der Waals surface area contributed by atoms with E-state index in [4.69, 9.17) is 4.42 Å².